The van der Waals surface area contributed by atoms with Gasteiger partial charge in [-0.05, 0) is 18.8 Å². The second-order valence-electron chi connectivity index (χ2n) is 4.49. The quantitative estimate of drug-likeness (QED) is 0.781. The number of nitrogens with one attached hydrogen (secondary N) is 1. The van der Waals surface area contributed by atoms with Crippen LogP contribution in [0.25, 0.3) is 0 Å². The lowest BCUT2D eigenvalue weighted by Gasteiger charge is -2.27. The number of nitrogens with zero attached hydrogens (tertiary/aromatic N) is 2. The van der Waals surface area contributed by atoms with Crippen LogP contribution >= 0.6 is 0 Å². The molecule has 1 aromatic heterocycles. The van der Waals surface area contributed by atoms with Crippen molar-refractivity contribution in [3.63, 3.8) is 0 Å². The van der Waals surface area contributed by atoms with Crippen molar-refractivity contribution in [2.24, 2.45) is 13.0 Å². The van der Waals surface area contributed by atoms with E-state index in [9.17, 15) is 0 Å². The molecular weight excluding hydrogens is 174 g/mol. The van der Waals surface area contributed by atoms with Crippen LogP contribution in [0.2, 0.25) is 0 Å². The molecule has 2 rings (SSSR count). The fourth-order valence-corrected chi connectivity index (χ4v) is 2.27. The van der Waals surface area contributed by atoms with Crippen LogP contribution in [0.5, 0.6) is 0 Å². The topological polar surface area (TPSA) is 29.9 Å². The van der Waals surface area contributed by atoms with Crippen LogP contribution < -0.4 is 5.32 Å². The van der Waals surface area contributed by atoms with Crippen LogP contribution in [0.1, 0.15) is 32.6 Å². The van der Waals surface area contributed by atoms with Crippen LogP contribution in [-0.4, -0.2) is 15.8 Å². The van der Waals surface area contributed by atoms with Crippen molar-refractivity contribution in [1.82, 2.24) is 9.78 Å². The Morgan fingerprint density at radius 3 is 3.00 bits per heavy atom. The molecule has 0 radical (unpaired) electrons. The predicted octanol–water partition coefficient (Wildman–Crippen LogP) is 2.41. The van der Waals surface area contributed by atoms with Crippen molar-refractivity contribution in [3.8, 4) is 0 Å². The molecule has 1 aromatic rings. The molecular formula is C11H19N3. The second kappa shape index (κ2) is 4.03. The average Bonchev–Trinajstić information content (AvgIpc) is 2.51. The highest BCUT2D eigenvalue weighted by Crippen LogP contribution is 2.25. The van der Waals surface area contributed by atoms with Gasteiger partial charge in [0.1, 0.15) is 5.82 Å². The molecule has 3 heteroatoms. The minimum absolute atomic E-state index is 0.633. The fourth-order valence-electron chi connectivity index (χ4n) is 2.27. The summed E-state index contributed by atoms with van der Waals surface area (Å²) >= 11 is 0. The zero-order valence-electron chi connectivity index (χ0n) is 9.03. The Bertz CT molecular complexity index is 292. The number of anilines is 1. The Labute approximate surface area is 85.5 Å². The summed E-state index contributed by atoms with van der Waals surface area (Å²) in [4.78, 5) is 0. The van der Waals surface area contributed by atoms with Gasteiger partial charge in [-0.2, -0.15) is 5.10 Å². The summed E-state index contributed by atoms with van der Waals surface area (Å²) < 4.78 is 1.84. The number of hydrogen-bond acceptors (Lipinski definition) is 2. The van der Waals surface area contributed by atoms with Crippen LogP contribution in [0.15, 0.2) is 12.3 Å². The van der Waals surface area contributed by atoms with E-state index in [0.717, 1.165) is 11.7 Å². The SMILES string of the molecule is C[C@H]1CCC[C@H](Nc2ccn(C)n2)C1. The van der Waals surface area contributed by atoms with Gasteiger partial charge >= 0.3 is 0 Å². The zero-order valence-corrected chi connectivity index (χ0v) is 9.03. The largest absolute Gasteiger partial charge is 0.366 e. The zero-order chi connectivity index (χ0) is 9.97. The minimum atomic E-state index is 0.633. The van der Waals surface area contributed by atoms with E-state index in [1.807, 2.05) is 24.0 Å². The summed E-state index contributed by atoms with van der Waals surface area (Å²) in [5, 5.41) is 7.84. The van der Waals surface area contributed by atoms with E-state index >= 15 is 0 Å². The molecule has 1 saturated carbocycles. The Hall–Kier alpha value is -0.990. The minimum Gasteiger partial charge on any atom is -0.366 e. The van der Waals surface area contributed by atoms with Crippen LogP contribution in [0.3, 0.4) is 0 Å². The van der Waals surface area contributed by atoms with Crippen LogP contribution in [0.4, 0.5) is 5.82 Å². The standard InChI is InChI=1S/C11H19N3/c1-9-4-3-5-10(8-9)12-11-6-7-14(2)13-11/h6-7,9-10H,3-5,8H2,1-2H3,(H,12,13)/t9-,10-/m0/s1. The predicted molar refractivity (Wildman–Crippen MR) is 58.3 cm³/mol. The van der Waals surface area contributed by atoms with Crippen molar-refractivity contribution in [3.05, 3.63) is 12.3 Å². The summed E-state index contributed by atoms with van der Waals surface area (Å²) in [7, 11) is 1.95. The van der Waals surface area contributed by atoms with Gasteiger partial charge in [-0.3, -0.25) is 4.68 Å². The van der Waals surface area contributed by atoms with Gasteiger partial charge < -0.3 is 5.32 Å². The highest BCUT2D eigenvalue weighted by Gasteiger charge is 2.18. The summed E-state index contributed by atoms with van der Waals surface area (Å²) in [6.07, 6.45) is 7.30. The molecule has 0 unspecified atom stereocenters. The molecule has 3 nitrogen and oxygen atoms in total. The van der Waals surface area contributed by atoms with Crippen LogP contribution in [-0.2, 0) is 7.05 Å². The summed E-state index contributed by atoms with van der Waals surface area (Å²) in [5.41, 5.74) is 0. The molecule has 1 N–H and O–H groups in total. The van der Waals surface area contributed by atoms with Gasteiger partial charge in [0.2, 0.25) is 0 Å². The van der Waals surface area contributed by atoms with Crippen molar-refractivity contribution < 1.29 is 0 Å². The number of rotatable bonds is 2. The summed E-state index contributed by atoms with van der Waals surface area (Å²) in [5.74, 6) is 1.89. The number of aromatic nitrogens is 2. The molecule has 1 fully saturated rings. The van der Waals surface area contributed by atoms with Gasteiger partial charge in [0.05, 0.1) is 0 Å². The van der Waals surface area contributed by atoms with E-state index < -0.39 is 0 Å². The highest BCUT2D eigenvalue weighted by molar-refractivity contribution is 5.33. The van der Waals surface area contributed by atoms with Crippen molar-refractivity contribution in [2.45, 2.75) is 38.6 Å². The smallest absolute Gasteiger partial charge is 0.148 e. The van der Waals surface area contributed by atoms with Crippen molar-refractivity contribution in [2.75, 3.05) is 5.32 Å². The van der Waals surface area contributed by atoms with Gasteiger partial charge in [-0.25, -0.2) is 0 Å². The first kappa shape index (κ1) is 9.56. The molecule has 0 aromatic carbocycles. The lowest BCUT2D eigenvalue weighted by Crippen LogP contribution is -2.26. The third-order valence-electron chi connectivity index (χ3n) is 3.00. The van der Waals surface area contributed by atoms with E-state index in [2.05, 4.69) is 17.3 Å². The van der Waals surface area contributed by atoms with E-state index in [0.29, 0.717) is 6.04 Å². The Morgan fingerprint density at radius 1 is 1.50 bits per heavy atom. The maximum atomic E-state index is 4.34. The molecule has 1 heterocycles. The number of hydrogen-bond donors (Lipinski definition) is 1. The molecule has 0 bridgehead atoms. The molecule has 0 spiro atoms. The van der Waals surface area contributed by atoms with E-state index in [1.54, 1.807) is 0 Å². The van der Waals surface area contributed by atoms with Crippen molar-refractivity contribution >= 4 is 5.82 Å². The maximum absolute atomic E-state index is 4.34. The van der Waals surface area contributed by atoms with E-state index in [-0.39, 0.29) is 0 Å². The fraction of sp³-hybridized carbons (Fsp3) is 0.727. The molecule has 0 aliphatic heterocycles. The molecule has 1 aliphatic carbocycles. The third-order valence-corrected chi connectivity index (χ3v) is 3.00. The lowest BCUT2D eigenvalue weighted by molar-refractivity contribution is 0.358. The third kappa shape index (κ3) is 2.28. The van der Waals surface area contributed by atoms with Gasteiger partial charge in [-0.15, -0.1) is 0 Å². The Kier molecular flexibility index (Phi) is 2.75. The normalized spacial score (nSPS) is 27.6. The first-order valence-corrected chi connectivity index (χ1v) is 5.50. The number of aryl methyl sites for hydroxylation is 1. The lowest BCUT2D eigenvalue weighted by atomic mass is 9.87. The van der Waals surface area contributed by atoms with Crippen molar-refractivity contribution in [1.29, 1.82) is 0 Å². The Morgan fingerprint density at radius 2 is 2.36 bits per heavy atom. The second-order valence-corrected chi connectivity index (χ2v) is 4.49. The molecule has 0 amide bonds. The van der Waals surface area contributed by atoms with Gasteiger partial charge in [0.25, 0.3) is 0 Å². The Balaban J connectivity index is 1.90. The first-order chi connectivity index (χ1) is 6.74. The molecule has 78 valence electrons. The molecule has 2 atom stereocenters. The molecule has 14 heavy (non-hydrogen) atoms. The first-order valence-electron chi connectivity index (χ1n) is 5.50. The van der Waals surface area contributed by atoms with Gasteiger partial charge in [0, 0.05) is 25.4 Å². The van der Waals surface area contributed by atoms with Gasteiger partial charge in [0.15, 0.2) is 0 Å². The summed E-state index contributed by atoms with van der Waals surface area (Å²) in [6.45, 7) is 2.34. The average molecular weight is 193 g/mol. The van der Waals surface area contributed by atoms with Crippen LogP contribution in [0, 0.1) is 5.92 Å². The monoisotopic (exact) mass is 193 g/mol. The highest BCUT2D eigenvalue weighted by atomic mass is 15.3. The van der Waals surface area contributed by atoms with E-state index in [4.69, 9.17) is 0 Å². The summed E-state index contributed by atoms with van der Waals surface area (Å²) in [6, 6.07) is 2.67. The van der Waals surface area contributed by atoms with Gasteiger partial charge in [-0.1, -0.05) is 19.8 Å². The van der Waals surface area contributed by atoms with E-state index in [1.165, 1.54) is 25.7 Å². The molecule has 1 aliphatic rings. The molecule has 0 saturated heterocycles. The maximum Gasteiger partial charge on any atom is 0.148 e.